The van der Waals surface area contributed by atoms with E-state index >= 15 is 4.39 Å². The van der Waals surface area contributed by atoms with E-state index in [9.17, 15) is 9.18 Å². The fourth-order valence-corrected chi connectivity index (χ4v) is 3.97. The van der Waals surface area contributed by atoms with Crippen LogP contribution in [0.4, 0.5) is 8.78 Å². The van der Waals surface area contributed by atoms with Crippen molar-refractivity contribution in [1.29, 1.82) is 0 Å². The molecule has 166 valence electrons. The molecule has 0 spiro atoms. The number of aliphatic hydroxyl groups is 1. The number of fused-ring (bicyclic) bond motifs is 1. The first kappa shape index (κ1) is 22.0. The molecular weight excluding hydrogens is 442 g/mol. The zero-order chi connectivity index (χ0) is 22.8. The molecule has 0 saturated heterocycles. The number of halogens is 3. The Bertz CT molecular complexity index is 1170. The maximum atomic E-state index is 15.6. The lowest BCUT2D eigenvalue weighted by atomic mass is 9.92. The summed E-state index contributed by atoms with van der Waals surface area (Å²) in [7, 11) is 1.38. The molecule has 2 aromatic carbocycles. The van der Waals surface area contributed by atoms with E-state index < -0.39 is 29.5 Å². The lowest BCUT2D eigenvalue weighted by Gasteiger charge is -2.16. The summed E-state index contributed by atoms with van der Waals surface area (Å²) in [4.78, 5) is 16.3. The van der Waals surface area contributed by atoms with Crippen molar-refractivity contribution in [2.75, 3.05) is 20.3 Å². The number of amides is 1. The average molecular weight is 461 g/mol. The summed E-state index contributed by atoms with van der Waals surface area (Å²) >= 11 is 6.32. The second-order valence-electron chi connectivity index (χ2n) is 7.06. The summed E-state index contributed by atoms with van der Waals surface area (Å²) < 4.78 is 41.5. The molecule has 0 radical (unpaired) electrons. The molecule has 32 heavy (non-hydrogen) atoms. The summed E-state index contributed by atoms with van der Waals surface area (Å²) in [6.07, 6.45) is 0.986. The first-order chi connectivity index (χ1) is 15.5. The van der Waals surface area contributed by atoms with Crippen molar-refractivity contribution in [2.24, 2.45) is 0 Å². The van der Waals surface area contributed by atoms with E-state index in [1.165, 1.54) is 7.05 Å². The van der Waals surface area contributed by atoms with Crippen LogP contribution in [0.25, 0.3) is 11.1 Å². The molecule has 0 fully saturated rings. The number of aliphatic hydroxyl groups excluding tert-OH is 1. The van der Waals surface area contributed by atoms with Crippen LogP contribution >= 0.6 is 11.6 Å². The van der Waals surface area contributed by atoms with Gasteiger partial charge in [0.25, 0.3) is 11.8 Å². The summed E-state index contributed by atoms with van der Waals surface area (Å²) in [6, 6.07) is 10.5. The third-order valence-electron chi connectivity index (χ3n) is 5.16. The maximum Gasteiger partial charge on any atom is 0.253 e. The molecule has 0 bridgehead atoms. The summed E-state index contributed by atoms with van der Waals surface area (Å²) in [6.45, 7) is -0.576. The van der Waals surface area contributed by atoms with E-state index in [0.717, 1.165) is 17.8 Å². The van der Waals surface area contributed by atoms with Gasteiger partial charge in [0.15, 0.2) is 5.82 Å². The quantitative estimate of drug-likeness (QED) is 0.579. The normalized spacial score (nSPS) is 14.6. The van der Waals surface area contributed by atoms with Crippen molar-refractivity contribution < 1.29 is 28.2 Å². The van der Waals surface area contributed by atoms with Crippen LogP contribution in [0.5, 0.6) is 11.6 Å². The first-order valence-corrected chi connectivity index (χ1v) is 10.2. The number of nitrogens with one attached hydrogen (secondary N) is 1. The Kier molecular flexibility index (Phi) is 6.25. The molecule has 3 aromatic rings. The lowest BCUT2D eigenvalue weighted by Crippen LogP contribution is -2.20. The Morgan fingerprint density at radius 1 is 1.31 bits per heavy atom. The first-order valence-electron chi connectivity index (χ1n) is 9.83. The SMILES string of the molecule is CNC(=O)c1cnc(OCCO)c(F)c1-c1c(Cl)c(F)cc2c1C[C@@H](c1ccccc1)O2. The van der Waals surface area contributed by atoms with Gasteiger partial charge in [-0.25, -0.2) is 13.8 Å². The molecule has 2 heterocycles. The van der Waals surface area contributed by atoms with Gasteiger partial charge in [0.2, 0.25) is 0 Å². The van der Waals surface area contributed by atoms with E-state index in [4.69, 9.17) is 26.2 Å². The molecule has 9 heteroatoms. The number of aromatic nitrogens is 1. The number of nitrogens with zero attached hydrogens (tertiary/aromatic N) is 1. The molecule has 4 rings (SSSR count). The van der Waals surface area contributed by atoms with E-state index in [0.29, 0.717) is 5.56 Å². The lowest BCUT2D eigenvalue weighted by molar-refractivity contribution is 0.0962. The largest absolute Gasteiger partial charge is 0.485 e. The van der Waals surface area contributed by atoms with Gasteiger partial charge in [-0.05, 0) is 5.56 Å². The Morgan fingerprint density at radius 3 is 2.75 bits per heavy atom. The molecule has 1 amide bonds. The minimum absolute atomic E-state index is 0.00689. The topological polar surface area (TPSA) is 80.7 Å². The van der Waals surface area contributed by atoms with Crippen LogP contribution in [0.3, 0.4) is 0 Å². The Morgan fingerprint density at radius 2 is 2.06 bits per heavy atom. The van der Waals surface area contributed by atoms with Crippen LogP contribution in [-0.2, 0) is 6.42 Å². The highest BCUT2D eigenvalue weighted by Gasteiger charge is 2.34. The molecule has 2 N–H and O–H groups in total. The number of pyridine rings is 1. The fourth-order valence-electron chi connectivity index (χ4n) is 3.71. The molecule has 0 saturated carbocycles. The minimum atomic E-state index is -0.989. The number of ether oxygens (including phenoxy) is 2. The van der Waals surface area contributed by atoms with Crippen LogP contribution in [0.2, 0.25) is 5.02 Å². The maximum absolute atomic E-state index is 15.6. The van der Waals surface area contributed by atoms with Gasteiger partial charge in [0.05, 0.1) is 17.2 Å². The van der Waals surface area contributed by atoms with E-state index in [1.807, 2.05) is 30.3 Å². The second-order valence-corrected chi connectivity index (χ2v) is 7.44. The molecule has 0 unspecified atom stereocenters. The fraction of sp³-hybridized carbons (Fsp3) is 0.217. The average Bonchev–Trinajstić information content (AvgIpc) is 3.23. The van der Waals surface area contributed by atoms with Crippen molar-refractivity contribution in [3.05, 3.63) is 75.9 Å². The molecule has 0 aliphatic carbocycles. The summed E-state index contributed by atoms with van der Waals surface area (Å²) in [5, 5.41) is 11.1. The smallest absolute Gasteiger partial charge is 0.253 e. The van der Waals surface area contributed by atoms with Gasteiger partial charge in [0, 0.05) is 42.4 Å². The number of rotatable bonds is 6. The van der Waals surface area contributed by atoms with Gasteiger partial charge in [0.1, 0.15) is 24.3 Å². The van der Waals surface area contributed by atoms with Crippen molar-refractivity contribution in [3.8, 4) is 22.8 Å². The number of carbonyl (C=O) groups excluding carboxylic acids is 1. The zero-order valence-corrected chi connectivity index (χ0v) is 17.7. The van der Waals surface area contributed by atoms with Gasteiger partial charge in [-0.1, -0.05) is 41.9 Å². The molecule has 1 atom stereocenters. The van der Waals surface area contributed by atoms with Gasteiger partial charge < -0.3 is 19.9 Å². The van der Waals surface area contributed by atoms with Crippen LogP contribution in [0.15, 0.2) is 42.6 Å². The number of hydrogen-bond acceptors (Lipinski definition) is 5. The Balaban J connectivity index is 1.92. The molecule has 1 aliphatic rings. The predicted molar refractivity (Wildman–Crippen MR) is 114 cm³/mol. The van der Waals surface area contributed by atoms with Gasteiger partial charge in [-0.3, -0.25) is 4.79 Å². The molecule has 1 aliphatic heterocycles. The predicted octanol–water partition coefficient (Wildman–Crippen LogP) is 4.09. The highest BCUT2D eigenvalue weighted by molar-refractivity contribution is 6.34. The summed E-state index contributed by atoms with van der Waals surface area (Å²) in [5.74, 6) is -2.65. The van der Waals surface area contributed by atoms with Crippen molar-refractivity contribution in [1.82, 2.24) is 10.3 Å². The van der Waals surface area contributed by atoms with Crippen molar-refractivity contribution in [2.45, 2.75) is 12.5 Å². The van der Waals surface area contributed by atoms with Crippen LogP contribution in [0, 0.1) is 11.6 Å². The van der Waals surface area contributed by atoms with Crippen LogP contribution in [0.1, 0.15) is 27.6 Å². The van der Waals surface area contributed by atoms with Gasteiger partial charge in [-0.2, -0.15) is 0 Å². The zero-order valence-electron chi connectivity index (χ0n) is 17.0. The highest BCUT2D eigenvalue weighted by Crippen LogP contribution is 2.48. The standard InChI is InChI=1S/C23H19ClF2N2O4/c1-27-22(30)14-11-28-23(31-8-7-29)21(26)19(14)18-13-9-16(12-5-3-2-4-6-12)32-17(13)10-15(25)20(18)24/h2-6,10-11,16,29H,7-9H2,1H3,(H,27,30)/t16-/m0/s1. The molecule has 6 nitrogen and oxygen atoms in total. The monoisotopic (exact) mass is 460 g/mol. The highest BCUT2D eigenvalue weighted by atomic mass is 35.5. The Hall–Kier alpha value is -3.23. The van der Waals surface area contributed by atoms with Crippen molar-refractivity contribution >= 4 is 17.5 Å². The summed E-state index contributed by atoms with van der Waals surface area (Å²) in [5.41, 5.74) is 0.950. The van der Waals surface area contributed by atoms with Gasteiger partial charge >= 0.3 is 0 Å². The molecular formula is C23H19ClF2N2O4. The number of benzene rings is 2. The van der Waals surface area contributed by atoms with Crippen LogP contribution in [-0.4, -0.2) is 36.3 Å². The second kappa shape index (κ2) is 9.10. The van der Waals surface area contributed by atoms with Crippen molar-refractivity contribution in [3.63, 3.8) is 0 Å². The van der Waals surface area contributed by atoms with E-state index in [-0.39, 0.29) is 47.1 Å². The Labute approximate surface area is 187 Å². The van der Waals surface area contributed by atoms with E-state index in [1.54, 1.807) is 0 Å². The van der Waals surface area contributed by atoms with Gasteiger partial charge in [-0.15, -0.1) is 0 Å². The number of hydrogen-bond donors (Lipinski definition) is 2. The third-order valence-corrected chi connectivity index (χ3v) is 5.53. The number of carbonyl (C=O) groups is 1. The minimum Gasteiger partial charge on any atom is -0.485 e. The molecule has 1 aromatic heterocycles. The third kappa shape index (κ3) is 3.87. The van der Waals surface area contributed by atoms with E-state index in [2.05, 4.69) is 10.3 Å². The van der Waals surface area contributed by atoms with Crippen LogP contribution < -0.4 is 14.8 Å².